The molecule has 0 saturated carbocycles. The SMILES string of the molecule is O=C1CC(S(=O)(=O)F)CN1c1ccc(Nc2ccccc2)nc1. The summed E-state index contributed by atoms with van der Waals surface area (Å²) in [6.45, 7) is -0.190. The molecule has 23 heavy (non-hydrogen) atoms. The van der Waals surface area contributed by atoms with Gasteiger partial charge in [0.15, 0.2) is 0 Å². The molecule has 1 fully saturated rings. The van der Waals surface area contributed by atoms with Gasteiger partial charge < -0.3 is 10.2 Å². The number of halogens is 1. The van der Waals surface area contributed by atoms with Crippen LogP contribution in [0, 0.1) is 0 Å². The van der Waals surface area contributed by atoms with Crippen molar-refractivity contribution in [1.82, 2.24) is 4.98 Å². The van der Waals surface area contributed by atoms with E-state index < -0.39 is 21.4 Å². The molecule has 1 aromatic heterocycles. The maximum Gasteiger partial charge on any atom is 0.307 e. The zero-order valence-electron chi connectivity index (χ0n) is 12.0. The third-order valence-corrected chi connectivity index (χ3v) is 4.71. The number of para-hydroxylation sites is 1. The predicted octanol–water partition coefficient (Wildman–Crippen LogP) is 2.23. The molecule has 0 spiro atoms. The Labute approximate surface area is 133 Å². The van der Waals surface area contributed by atoms with Crippen molar-refractivity contribution in [1.29, 1.82) is 0 Å². The fourth-order valence-electron chi connectivity index (χ4n) is 2.40. The third kappa shape index (κ3) is 3.48. The van der Waals surface area contributed by atoms with Crippen LogP contribution in [-0.4, -0.2) is 31.1 Å². The normalized spacial score (nSPS) is 18.2. The van der Waals surface area contributed by atoms with Crippen LogP contribution >= 0.6 is 0 Å². The summed E-state index contributed by atoms with van der Waals surface area (Å²) in [5, 5.41) is 1.79. The van der Waals surface area contributed by atoms with Crippen molar-refractivity contribution in [2.45, 2.75) is 11.7 Å². The van der Waals surface area contributed by atoms with Gasteiger partial charge in [0.1, 0.15) is 11.1 Å². The second-order valence-electron chi connectivity index (χ2n) is 5.20. The number of rotatable bonds is 4. The average Bonchev–Trinajstić information content (AvgIpc) is 2.91. The Morgan fingerprint density at radius 3 is 2.48 bits per heavy atom. The molecule has 2 aromatic rings. The lowest BCUT2D eigenvalue weighted by molar-refractivity contribution is -0.117. The van der Waals surface area contributed by atoms with Crippen LogP contribution < -0.4 is 10.2 Å². The molecule has 2 heterocycles. The first-order valence-electron chi connectivity index (χ1n) is 6.95. The molecule has 1 amide bonds. The van der Waals surface area contributed by atoms with Gasteiger partial charge in [-0.1, -0.05) is 18.2 Å². The highest BCUT2D eigenvalue weighted by molar-refractivity contribution is 7.87. The molecule has 0 radical (unpaired) electrons. The van der Waals surface area contributed by atoms with Gasteiger partial charge in [0.2, 0.25) is 5.91 Å². The van der Waals surface area contributed by atoms with Gasteiger partial charge in [-0.3, -0.25) is 4.79 Å². The summed E-state index contributed by atoms with van der Waals surface area (Å²) >= 11 is 0. The van der Waals surface area contributed by atoms with Gasteiger partial charge >= 0.3 is 10.2 Å². The van der Waals surface area contributed by atoms with E-state index in [1.165, 1.54) is 11.1 Å². The highest BCUT2D eigenvalue weighted by Gasteiger charge is 2.39. The number of carbonyl (C=O) groups is 1. The van der Waals surface area contributed by atoms with Crippen molar-refractivity contribution in [2.24, 2.45) is 0 Å². The highest BCUT2D eigenvalue weighted by atomic mass is 32.3. The molecule has 0 aliphatic carbocycles. The molecule has 1 unspecified atom stereocenters. The van der Waals surface area contributed by atoms with E-state index in [-0.39, 0.29) is 13.0 Å². The zero-order chi connectivity index (χ0) is 16.4. The summed E-state index contributed by atoms with van der Waals surface area (Å²) in [5.41, 5.74) is 1.31. The van der Waals surface area contributed by atoms with Gasteiger partial charge in [-0.15, -0.1) is 3.89 Å². The smallest absolute Gasteiger partial charge is 0.307 e. The van der Waals surface area contributed by atoms with Crippen LogP contribution in [0.3, 0.4) is 0 Å². The molecule has 0 bridgehead atoms. The fourth-order valence-corrected chi connectivity index (χ4v) is 3.07. The largest absolute Gasteiger partial charge is 0.340 e. The standard InChI is InChI=1S/C15H14FN3O3S/c16-23(21,22)13-8-15(20)19(10-13)12-6-7-14(17-9-12)18-11-4-2-1-3-5-11/h1-7,9,13H,8,10H2,(H,17,18). The Bertz CT molecular complexity index is 810. The average molecular weight is 335 g/mol. The van der Waals surface area contributed by atoms with Gasteiger partial charge in [0.25, 0.3) is 0 Å². The first-order valence-corrected chi connectivity index (χ1v) is 8.40. The number of pyridine rings is 1. The van der Waals surface area contributed by atoms with Crippen LogP contribution in [0.2, 0.25) is 0 Å². The van der Waals surface area contributed by atoms with Crippen LogP contribution in [0.15, 0.2) is 48.7 Å². The van der Waals surface area contributed by atoms with E-state index in [9.17, 15) is 17.1 Å². The lowest BCUT2D eigenvalue weighted by Gasteiger charge is -2.16. The highest BCUT2D eigenvalue weighted by Crippen LogP contribution is 2.26. The number of amides is 1. The maximum absolute atomic E-state index is 13.0. The van der Waals surface area contributed by atoms with Gasteiger partial charge in [0, 0.05) is 18.7 Å². The van der Waals surface area contributed by atoms with E-state index in [1.54, 1.807) is 12.1 Å². The molecule has 120 valence electrons. The molecule has 1 N–H and O–H groups in total. The van der Waals surface area contributed by atoms with E-state index in [2.05, 4.69) is 10.3 Å². The summed E-state index contributed by atoms with van der Waals surface area (Å²) < 4.78 is 34.9. The van der Waals surface area contributed by atoms with Crippen LogP contribution in [0.25, 0.3) is 0 Å². The first-order chi connectivity index (χ1) is 10.9. The van der Waals surface area contributed by atoms with Crippen molar-refractivity contribution in [2.75, 3.05) is 16.8 Å². The number of nitrogens with one attached hydrogen (secondary N) is 1. The summed E-state index contributed by atoms with van der Waals surface area (Å²) in [5.74, 6) is 0.156. The lowest BCUT2D eigenvalue weighted by atomic mass is 10.3. The van der Waals surface area contributed by atoms with Crippen LogP contribution in [0.4, 0.5) is 21.1 Å². The van der Waals surface area contributed by atoms with Crippen molar-refractivity contribution in [3.63, 3.8) is 0 Å². The van der Waals surface area contributed by atoms with Crippen LogP contribution in [0.1, 0.15) is 6.42 Å². The number of carbonyl (C=O) groups excluding carboxylic acids is 1. The molecule has 8 heteroatoms. The fraction of sp³-hybridized carbons (Fsp3) is 0.200. The van der Waals surface area contributed by atoms with Crippen LogP contribution in [0.5, 0.6) is 0 Å². The maximum atomic E-state index is 13.0. The Balaban J connectivity index is 1.74. The minimum atomic E-state index is -4.72. The number of hydrogen-bond acceptors (Lipinski definition) is 5. The van der Waals surface area contributed by atoms with Gasteiger partial charge in [-0.05, 0) is 24.3 Å². The molecule has 6 nitrogen and oxygen atoms in total. The second kappa shape index (κ2) is 5.96. The van der Waals surface area contributed by atoms with E-state index >= 15 is 0 Å². The monoisotopic (exact) mass is 335 g/mol. The van der Waals surface area contributed by atoms with E-state index in [0.717, 1.165) is 5.69 Å². The van der Waals surface area contributed by atoms with E-state index in [0.29, 0.717) is 11.5 Å². The van der Waals surface area contributed by atoms with Gasteiger partial charge in [-0.25, -0.2) is 4.98 Å². The van der Waals surface area contributed by atoms with Crippen molar-refractivity contribution in [3.05, 3.63) is 48.7 Å². The Morgan fingerprint density at radius 1 is 1.17 bits per heavy atom. The molecule has 1 aromatic carbocycles. The minimum Gasteiger partial charge on any atom is -0.340 e. The lowest BCUT2D eigenvalue weighted by Crippen LogP contribution is -2.27. The van der Waals surface area contributed by atoms with Crippen molar-refractivity contribution >= 4 is 33.3 Å². The number of anilines is 3. The number of aromatic nitrogens is 1. The first kappa shape index (κ1) is 15.4. The Hall–Kier alpha value is -2.48. The number of benzene rings is 1. The van der Waals surface area contributed by atoms with Crippen molar-refractivity contribution < 1.29 is 17.1 Å². The zero-order valence-corrected chi connectivity index (χ0v) is 12.8. The molecule has 1 atom stereocenters. The van der Waals surface area contributed by atoms with Gasteiger partial charge in [0.05, 0.1) is 11.9 Å². The van der Waals surface area contributed by atoms with Crippen LogP contribution in [-0.2, 0) is 15.0 Å². The Morgan fingerprint density at radius 2 is 1.91 bits per heavy atom. The summed E-state index contributed by atoms with van der Waals surface area (Å²) in [7, 11) is -4.72. The predicted molar refractivity (Wildman–Crippen MR) is 84.7 cm³/mol. The number of nitrogens with zero attached hydrogens (tertiary/aromatic N) is 2. The third-order valence-electron chi connectivity index (χ3n) is 3.59. The molecule has 1 saturated heterocycles. The summed E-state index contributed by atoms with van der Waals surface area (Å²) in [6.07, 6.45) is 1.11. The minimum absolute atomic E-state index is 0.190. The van der Waals surface area contributed by atoms with E-state index in [1.807, 2.05) is 30.3 Å². The Kier molecular flexibility index (Phi) is 3.99. The summed E-state index contributed by atoms with van der Waals surface area (Å²) in [6, 6.07) is 12.8. The molecule has 3 rings (SSSR count). The molecular weight excluding hydrogens is 321 g/mol. The quantitative estimate of drug-likeness (QED) is 0.867. The van der Waals surface area contributed by atoms with Gasteiger partial charge in [-0.2, -0.15) is 8.42 Å². The van der Waals surface area contributed by atoms with Crippen molar-refractivity contribution in [3.8, 4) is 0 Å². The summed E-state index contributed by atoms with van der Waals surface area (Å²) in [4.78, 5) is 17.3. The topological polar surface area (TPSA) is 79.4 Å². The molecule has 1 aliphatic rings. The number of hydrogen-bond donors (Lipinski definition) is 1. The molecule has 1 aliphatic heterocycles. The molecular formula is C15H14FN3O3S. The van der Waals surface area contributed by atoms with E-state index in [4.69, 9.17) is 0 Å². The second-order valence-corrected chi connectivity index (χ2v) is 6.82.